The lowest BCUT2D eigenvalue weighted by Crippen LogP contribution is -2.39. The number of Topliss-reactive ketones (excluding diaryl/α,β-unsaturated/α-hetero) is 1. The smallest absolute Gasteiger partial charge is 0.416 e. The van der Waals surface area contributed by atoms with Crippen molar-refractivity contribution >= 4 is 40.0 Å². The van der Waals surface area contributed by atoms with Crippen LogP contribution >= 0.6 is 6.89 Å². The van der Waals surface area contributed by atoms with Crippen LogP contribution in [0.3, 0.4) is 0 Å². The van der Waals surface area contributed by atoms with Crippen LogP contribution < -0.4 is 21.6 Å². The summed E-state index contributed by atoms with van der Waals surface area (Å²) in [6.07, 6.45) is -5.31. The van der Waals surface area contributed by atoms with Crippen molar-refractivity contribution in [1.82, 2.24) is 10.2 Å². The van der Waals surface area contributed by atoms with Gasteiger partial charge in [-0.05, 0) is 71.7 Å². The number of primary amides is 1. The number of rotatable bonds is 13. The summed E-state index contributed by atoms with van der Waals surface area (Å²) in [6.45, 7) is 2.95. The Morgan fingerprint density at radius 2 is 1.28 bits per heavy atom. The van der Waals surface area contributed by atoms with Crippen LogP contribution in [0.25, 0.3) is 11.5 Å². The summed E-state index contributed by atoms with van der Waals surface area (Å²) in [5.41, 5.74) is 4.73. The molecule has 0 radical (unpaired) electrons. The van der Waals surface area contributed by atoms with Gasteiger partial charge in [-0.25, -0.2) is 4.79 Å². The van der Waals surface area contributed by atoms with E-state index in [-0.39, 0.29) is 28.9 Å². The average Bonchev–Trinajstić information content (AvgIpc) is 3.63. The van der Waals surface area contributed by atoms with Gasteiger partial charge in [0.25, 0.3) is 0 Å². The molecule has 1 aromatic heterocycles. The topological polar surface area (TPSA) is 132 Å². The summed E-state index contributed by atoms with van der Waals surface area (Å²) in [5.74, 6) is -0.429. The van der Waals surface area contributed by atoms with Gasteiger partial charge in [0.1, 0.15) is 11.4 Å². The Balaban J connectivity index is 1.44. The van der Waals surface area contributed by atoms with E-state index < -0.39 is 36.6 Å². The fraction of sp³-hybridized carbons (Fsp3) is 0.268. The Morgan fingerprint density at radius 3 is 1.72 bits per heavy atom. The maximum atomic E-state index is 14.6. The molecule has 5 aromatic rings. The number of benzene rings is 4. The molecule has 2 atom stereocenters. The van der Waals surface area contributed by atoms with Crippen LogP contribution in [-0.2, 0) is 15.7 Å². The zero-order chi connectivity index (χ0) is 38.2. The zero-order valence-electron chi connectivity index (χ0n) is 29.6. The lowest BCUT2D eigenvalue weighted by atomic mass is 9.77. The molecule has 12 heteroatoms. The molecule has 274 valence electrons. The van der Waals surface area contributed by atoms with Crippen molar-refractivity contribution < 1.29 is 31.9 Å². The van der Waals surface area contributed by atoms with Crippen LogP contribution in [-0.4, -0.2) is 33.5 Å². The first-order valence-electron chi connectivity index (χ1n) is 17.1. The van der Waals surface area contributed by atoms with E-state index in [1.165, 1.54) is 12.1 Å². The van der Waals surface area contributed by atoms with E-state index in [4.69, 9.17) is 14.9 Å². The summed E-state index contributed by atoms with van der Waals surface area (Å²) in [5, 5.41) is 21.6. The Morgan fingerprint density at radius 1 is 0.792 bits per heavy atom. The third-order valence-electron chi connectivity index (χ3n) is 9.11. The number of nitriles is 1. The molecule has 0 saturated heterocycles. The molecule has 0 unspecified atom stereocenters. The van der Waals surface area contributed by atoms with Crippen LogP contribution in [0.1, 0.15) is 63.8 Å². The number of carbonyl (C=O) groups is 2. The molecule has 2 N–H and O–H groups in total. The number of alkyl halides is 3. The van der Waals surface area contributed by atoms with Gasteiger partial charge < -0.3 is 14.9 Å². The van der Waals surface area contributed by atoms with Gasteiger partial charge in [0.05, 0.1) is 5.56 Å². The quantitative estimate of drug-likeness (QED) is 0.0952. The van der Waals surface area contributed by atoms with Crippen molar-refractivity contribution in [1.29, 1.82) is 5.26 Å². The number of carbonyl (C=O) groups excluding carboxylic acids is 2. The number of nitrogens with zero attached hydrogens (tertiary/aromatic N) is 3. The van der Waals surface area contributed by atoms with Gasteiger partial charge in [0.2, 0.25) is 17.6 Å². The van der Waals surface area contributed by atoms with E-state index in [2.05, 4.69) is 16.3 Å². The summed E-state index contributed by atoms with van der Waals surface area (Å²) >= 11 is 0. The fourth-order valence-electron chi connectivity index (χ4n) is 6.52. The minimum absolute atomic E-state index is 0.0124. The van der Waals surface area contributed by atoms with Gasteiger partial charge in [0.15, 0.2) is 6.10 Å². The number of ketones is 1. The van der Waals surface area contributed by atoms with Gasteiger partial charge in [-0.3, -0.25) is 4.79 Å². The fourth-order valence-corrected chi connectivity index (χ4v) is 10.7. The molecule has 0 aliphatic carbocycles. The maximum absolute atomic E-state index is 14.6. The Bertz CT molecular complexity index is 2000. The number of hydrogen-bond acceptors (Lipinski definition) is 7. The number of ether oxygens (including phenoxy) is 1. The predicted octanol–water partition coefficient (Wildman–Crippen LogP) is 8.17. The molecule has 0 aliphatic heterocycles. The molecule has 8 nitrogen and oxygen atoms in total. The summed E-state index contributed by atoms with van der Waals surface area (Å²) in [7, 11) is 0. The second kappa shape index (κ2) is 16.5. The van der Waals surface area contributed by atoms with E-state index in [1.54, 1.807) is 0 Å². The van der Waals surface area contributed by atoms with E-state index in [0.717, 1.165) is 28.0 Å². The summed E-state index contributed by atoms with van der Waals surface area (Å²) in [6, 6.07) is 35.1. The molecule has 0 bridgehead atoms. The van der Waals surface area contributed by atoms with Gasteiger partial charge in [-0.2, -0.15) is 18.4 Å². The Kier molecular flexibility index (Phi) is 12.0. The number of halogens is 3. The first-order valence-corrected chi connectivity index (χ1v) is 18.9. The molecule has 1 amide bonds. The van der Waals surface area contributed by atoms with Gasteiger partial charge in [-0.15, -0.1) is 10.2 Å². The Labute approximate surface area is 306 Å². The molecule has 5 rings (SSSR count). The minimum Gasteiger partial charge on any atom is -0.438 e. The van der Waals surface area contributed by atoms with E-state index in [9.17, 15) is 28.0 Å². The van der Waals surface area contributed by atoms with Crippen LogP contribution in [0.15, 0.2) is 120 Å². The highest BCUT2D eigenvalue weighted by atomic mass is 31.2. The van der Waals surface area contributed by atoms with Crippen molar-refractivity contribution in [2.75, 3.05) is 0 Å². The van der Waals surface area contributed by atoms with Crippen LogP contribution in [0.2, 0.25) is 0 Å². The number of unbranched alkanes of at least 4 members (excludes halogenated alkanes) is 1. The Hall–Kier alpha value is -5.46. The van der Waals surface area contributed by atoms with Crippen molar-refractivity contribution in [3.63, 3.8) is 0 Å². The minimum atomic E-state index is -4.47. The molecule has 0 aliphatic rings. The van der Waals surface area contributed by atoms with Crippen molar-refractivity contribution in [2.45, 2.75) is 64.7 Å². The number of aromatic nitrogens is 2. The normalized spacial score (nSPS) is 13.1. The van der Waals surface area contributed by atoms with Gasteiger partial charge in [-0.1, -0.05) is 118 Å². The molecule has 53 heavy (non-hydrogen) atoms. The predicted molar refractivity (Wildman–Crippen MR) is 201 cm³/mol. The largest absolute Gasteiger partial charge is 0.438 e. The summed E-state index contributed by atoms with van der Waals surface area (Å²) in [4.78, 5) is 26.8. The first kappa shape index (κ1) is 38.8. The molecule has 1 heterocycles. The van der Waals surface area contributed by atoms with Crippen LogP contribution in [0.5, 0.6) is 0 Å². The van der Waals surface area contributed by atoms with Crippen LogP contribution in [0, 0.1) is 16.7 Å². The molecular weight excluding hydrogens is 700 g/mol. The molecular formula is C41H40F3N4O4P. The van der Waals surface area contributed by atoms with E-state index in [1.807, 2.05) is 112 Å². The highest BCUT2D eigenvalue weighted by molar-refractivity contribution is 7.97. The summed E-state index contributed by atoms with van der Waals surface area (Å²) < 4.78 is 50.7. The molecule has 0 spiro atoms. The molecule has 4 aromatic carbocycles. The van der Waals surface area contributed by atoms with Crippen molar-refractivity contribution in [3.8, 4) is 17.5 Å². The highest BCUT2D eigenvalue weighted by Crippen LogP contribution is 2.47. The maximum Gasteiger partial charge on any atom is 0.416 e. The number of nitrogens with two attached hydrogens (primary N) is 1. The monoisotopic (exact) mass is 740 g/mol. The SMILES string of the molecule is CC(C)(C)[C@H](CCCC[C@H](OC(N)=O)C(=O)C(C#N)=P(c1ccccc1)(c1ccccc1)c1ccccc1)c1nnc(-c2ccc(C(F)(F)F)cc2)o1. The molecule has 0 saturated carbocycles. The lowest BCUT2D eigenvalue weighted by molar-refractivity contribution is -0.137. The first-order chi connectivity index (χ1) is 25.3. The highest BCUT2D eigenvalue weighted by Gasteiger charge is 2.38. The van der Waals surface area contributed by atoms with E-state index >= 15 is 0 Å². The van der Waals surface area contributed by atoms with E-state index in [0.29, 0.717) is 30.7 Å². The van der Waals surface area contributed by atoms with Crippen molar-refractivity contribution in [3.05, 3.63) is 127 Å². The lowest BCUT2D eigenvalue weighted by Gasteiger charge is -2.31. The second-order valence-corrected chi connectivity index (χ2v) is 17.0. The third-order valence-corrected chi connectivity index (χ3v) is 13.3. The standard InChI is InChI=1S/C41H40F3N4O4P/c1-40(2,3)33(38-48-47-37(52-38)28-23-25-29(26-24-28)41(42,43)44)21-13-14-22-34(51-39(46)50)36(49)35(27-45)53(30-15-7-4-8-16-30,31-17-9-5-10-18-31)32-19-11-6-12-20-32/h4-12,15-20,23-26,33-34H,13-14,21-22H2,1-3H3,(H2,46,50)/t33-,34+/m1/s1. The zero-order valence-corrected chi connectivity index (χ0v) is 30.5. The third kappa shape index (κ3) is 8.78. The average molecular weight is 741 g/mol. The van der Waals surface area contributed by atoms with Crippen LogP contribution in [0.4, 0.5) is 18.0 Å². The number of amides is 1. The second-order valence-electron chi connectivity index (χ2n) is 13.7. The van der Waals surface area contributed by atoms with Gasteiger partial charge >= 0.3 is 12.3 Å². The molecule has 0 fully saturated rings. The van der Waals surface area contributed by atoms with Gasteiger partial charge in [0, 0.05) is 11.5 Å². The van der Waals surface area contributed by atoms with Crippen molar-refractivity contribution in [2.24, 2.45) is 11.1 Å². The number of hydrogen-bond donors (Lipinski definition) is 1.